The van der Waals surface area contributed by atoms with Gasteiger partial charge >= 0.3 is 5.97 Å². The van der Waals surface area contributed by atoms with Crippen LogP contribution in [0.1, 0.15) is 16.2 Å². The fourth-order valence-electron chi connectivity index (χ4n) is 1.82. The Labute approximate surface area is 135 Å². The van der Waals surface area contributed by atoms with Crippen LogP contribution in [0.4, 0.5) is 0 Å². The van der Waals surface area contributed by atoms with Gasteiger partial charge < -0.3 is 9.84 Å². The van der Waals surface area contributed by atoms with E-state index in [4.69, 9.17) is 9.84 Å². The van der Waals surface area contributed by atoms with Crippen molar-refractivity contribution in [1.29, 1.82) is 0 Å². The van der Waals surface area contributed by atoms with Crippen LogP contribution in [0.25, 0.3) is 0 Å². The summed E-state index contributed by atoms with van der Waals surface area (Å²) >= 11 is 3.18. The van der Waals surface area contributed by atoms with Crippen LogP contribution in [0.5, 0.6) is 5.75 Å². The van der Waals surface area contributed by atoms with E-state index in [0.29, 0.717) is 15.9 Å². The lowest BCUT2D eigenvalue weighted by atomic mass is 10.3. The summed E-state index contributed by atoms with van der Waals surface area (Å²) in [6.07, 6.45) is 1.11. The molecule has 1 N–H and O–H groups in total. The monoisotopic (exact) mass is 388 g/mol. The first-order valence-electron chi connectivity index (χ1n) is 6.07. The average molecular weight is 389 g/mol. The van der Waals surface area contributed by atoms with Gasteiger partial charge in [0.2, 0.25) is 0 Å². The first-order chi connectivity index (χ1) is 10.2. The fourth-order valence-corrected chi connectivity index (χ4v) is 3.10. The predicted molar refractivity (Wildman–Crippen MR) is 81.8 cm³/mol. The number of carboxylic acid groups (broad SMARTS) is 1. The van der Waals surface area contributed by atoms with Gasteiger partial charge in [-0.05, 0) is 34.1 Å². The SMILES string of the molecule is Cn1nc(COc2cccc(S(C)(=O)=O)c2)c(Br)c1C(=O)O. The van der Waals surface area contributed by atoms with E-state index in [2.05, 4.69) is 21.0 Å². The van der Waals surface area contributed by atoms with E-state index < -0.39 is 15.8 Å². The van der Waals surface area contributed by atoms with Gasteiger partial charge in [-0.25, -0.2) is 13.2 Å². The minimum Gasteiger partial charge on any atom is -0.487 e. The second-order valence-electron chi connectivity index (χ2n) is 4.57. The van der Waals surface area contributed by atoms with Crippen LogP contribution in [0, 0.1) is 0 Å². The highest BCUT2D eigenvalue weighted by atomic mass is 79.9. The molecule has 0 aliphatic carbocycles. The molecule has 0 bridgehead atoms. The van der Waals surface area contributed by atoms with Gasteiger partial charge in [-0.3, -0.25) is 4.68 Å². The molecule has 1 heterocycles. The largest absolute Gasteiger partial charge is 0.487 e. The highest BCUT2D eigenvalue weighted by Gasteiger charge is 2.20. The van der Waals surface area contributed by atoms with Crippen molar-refractivity contribution in [1.82, 2.24) is 9.78 Å². The molecular weight excluding hydrogens is 376 g/mol. The molecule has 0 radical (unpaired) electrons. The Hall–Kier alpha value is -1.87. The molecule has 22 heavy (non-hydrogen) atoms. The summed E-state index contributed by atoms with van der Waals surface area (Å²) in [5, 5.41) is 13.1. The molecule has 1 aromatic carbocycles. The maximum Gasteiger partial charge on any atom is 0.355 e. The van der Waals surface area contributed by atoms with Crippen LogP contribution in [0.3, 0.4) is 0 Å². The van der Waals surface area contributed by atoms with Gasteiger partial charge in [-0.1, -0.05) is 6.07 Å². The van der Waals surface area contributed by atoms with Crippen LogP contribution in [-0.2, 0) is 23.5 Å². The van der Waals surface area contributed by atoms with Crippen LogP contribution >= 0.6 is 15.9 Å². The number of nitrogens with zero attached hydrogens (tertiary/aromatic N) is 2. The summed E-state index contributed by atoms with van der Waals surface area (Å²) in [5.74, 6) is -0.746. The number of sulfone groups is 1. The molecule has 9 heteroatoms. The molecule has 2 aromatic rings. The van der Waals surface area contributed by atoms with E-state index in [1.165, 1.54) is 23.9 Å². The van der Waals surface area contributed by atoms with Crippen molar-refractivity contribution in [3.8, 4) is 5.75 Å². The molecule has 0 saturated heterocycles. The molecule has 0 amide bonds. The van der Waals surface area contributed by atoms with Gasteiger partial charge in [0.05, 0.1) is 9.37 Å². The van der Waals surface area contributed by atoms with Crippen LogP contribution in [0.2, 0.25) is 0 Å². The highest BCUT2D eigenvalue weighted by Crippen LogP contribution is 2.23. The smallest absolute Gasteiger partial charge is 0.355 e. The molecule has 0 spiro atoms. The van der Waals surface area contributed by atoms with E-state index >= 15 is 0 Å². The van der Waals surface area contributed by atoms with Crippen LogP contribution in [0.15, 0.2) is 33.6 Å². The zero-order valence-electron chi connectivity index (χ0n) is 11.8. The molecule has 0 fully saturated rings. The lowest BCUT2D eigenvalue weighted by molar-refractivity contribution is 0.0684. The van der Waals surface area contributed by atoms with Crippen molar-refractivity contribution in [2.75, 3.05) is 6.26 Å². The highest BCUT2D eigenvalue weighted by molar-refractivity contribution is 9.10. The van der Waals surface area contributed by atoms with E-state index in [0.717, 1.165) is 6.26 Å². The third-order valence-electron chi connectivity index (χ3n) is 2.87. The lowest BCUT2D eigenvalue weighted by Gasteiger charge is -2.06. The lowest BCUT2D eigenvalue weighted by Crippen LogP contribution is -2.05. The molecule has 0 aliphatic rings. The van der Waals surface area contributed by atoms with Crippen molar-refractivity contribution in [2.24, 2.45) is 7.05 Å². The fraction of sp³-hybridized carbons (Fsp3) is 0.231. The Morgan fingerprint density at radius 3 is 2.68 bits per heavy atom. The maximum absolute atomic E-state index is 11.5. The van der Waals surface area contributed by atoms with Crippen LogP contribution in [-0.4, -0.2) is 35.5 Å². The summed E-state index contributed by atoms with van der Waals surface area (Å²) in [4.78, 5) is 11.2. The minimum atomic E-state index is -3.32. The molecular formula is C13H13BrN2O5S. The van der Waals surface area contributed by atoms with E-state index in [9.17, 15) is 13.2 Å². The first-order valence-corrected chi connectivity index (χ1v) is 8.76. The molecule has 1 aromatic heterocycles. The number of ether oxygens (including phenoxy) is 1. The van der Waals surface area contributed by atoms with Crippen LogP contribution < -0.4 is 4.74 Å². The van der Waals surface area contributed by atoms with Crippen molar-refractivity contribution in [2.45, 2.75) is 11.5 Å². The third kappa shape index (κ3) is 3.47. The minimum absolute atomic E-state index is 0.00885. The average Bonchev–Trinajstić information content (AvgIpc) is 2.70. The number of hydrogen-bond acceptors (Lipinski definition) is 5. The second kappa shape index (κ2) is 6.09. The van der Waals surface area contributed by atoms with E-state index in [-0.39, 0.29) is 17.2 Å². The molecule has 0 atom stereocenters. The van der Waals surface area contributed by atoms with Crippen molar-refractivity contribution in [3.05, 3.63) is 40.1 Å². The Morgan fingerprint density at radius 2 is 2.14 bits per heavy atom. The zero-order valence-corrected chi connectivity index (χ0v) is 14.2. The Balaban J connectivity index is 2.21. The Kier molecular flexibility index (Phi) is 4.57. The van der Waals surface area contributed by atoms with E-state index in [1.54, 1.807) is 12.1 Å². The molecule has 0 aliphatic heterocycles. The van der Waals surface area contributed by atoms with Gasteiger partial charge in [-0.2, -0.15) is 5.10 Å². The molecule has 0 unspecified atom stereocenters. The molecule has 0 saturated carbocycles. The number of halogens is 1. The summed E-state index contributed by atoms with van der Waals surface area (Å²) in [7, 11) is -1.80. The van der Waals surface area contributed by atoms with Gasteiger partial charge in [-0.15, -0.1) is 0 Å². The number of aryl methyl sites for hydroxylation is 1. The molecule has 2 rings (SSSR count). The van der Waals surface area contributed by atoms with E-state index in [1.807, 2.05) is 0 Å². The number of carboxylic acids is 1. The van der Waals surface area contributed by atoms with Crippen molar-refractivity contribution < 1.29 is 23.1 Å². The second-order valence-corrected chi connectivity index (χ2v) is 7.38. The summed E-state index contributed by atoms with van der Waals surface area (Å²) in [5.41, 5.74) is 0.424. The van der Waals surface area contributed by atoms with Crippen molar-refractivity contribution in [3.63, 3.8) is 0 Å². The summed E-state index contributed by atoms with van der Waals surface area (Å²) in [6, 6.07) is 6.07. The zero-order chi connectivity index (χ0) is 16.5. The van der Waals surface area contributed by atoms with Gasteiger partial charge in [0.1, 0.15) is 18.1 Å². The number of carbonyl (C=O) groups is 1. The number of benzene rings is 1. The van der Waals surface area contributed by atoms with Gasteiger partial charge in [0, 0.05) is 13.3 Å². The molecule has 7 nitrogen and oxygen atoms in total. The number of aromatic carboxylic acids is 1. The number of hydrogen-bond donors (Lipinski definition) is 1. The Morgan fingerprint density at radius 1 is 1.45 bits per heavy atom. The number of aromatic nitrogens is 2. The van der Waals surface area contributed by atoms with Gasteiger partial charge in [0.25, 0.3) is 0 Å². The topological polar surface area (TPSA) is 98.5 Å². The number of rotatable bonds is 5. The van der Waals surface area contributed by atoms with Gasteiger partial charge in [0.15, 0.2) is 15.5 Å². The normalized spacial score (nSPS) is 11.4. The summed E-state index contributed by atoms with van der Waals surface area (Å²) < 4.78 is 30.0. The first kappa shape index (κ1) is 16.5. The van der Waals surface area contributed by atoms with Crippen molar-refractivity contribution >= 4 is 31.7 Å². The standard InChI is InChI=1S/C13H13BrN2O5S/c1-16-12(13(17)18)11(14)10(15-16)7-21-8-4-3-5-9(6-8)22(2,19)20/h3-6H,7H2,1-2H3,(H,17,18). The third-order valence-corrected chi connectivity index (χ3v) is 4.81. The Bertz CT molecular complexity index is 829. The predicted octanol–water partition coefficient (Wildman–Crippen LogP) is 1.86. The quantitative estimate of drug-likeness (QED) is 0.838. The summed E-state index contributed by atoms with van der Waals surface area (Å²) in [6.45, 7) is 0.00885. The molecule has 118 valence electrons. The maximum atomic E-state index is 11.5.